The molecule has 0 aliphatic carbocycles. The largest absolute Gasteiger partial charge is 0.408 e. The highest BCUT2D eigenvalue weighted by Gasteiger charge is 2.46. The van der Waals surface area contributed by atoms with E-state index in [9.17, 15) is 22.8 Å². The van der Waals surface area contributed by atoms with Crippen LogP contribution in [0.3, 0.4) is 0 Å². The molecule has 8 heteroatoms. The van der Waals surface area contributed by atoms with E-state index in [4.69, 9.17) is 5.73 Å². The predicted molar refractivity (Wildman–Crippen MR) is 94.6 cm³/mol. The lowest BCUT2D eigenvalue weighted by Crippen LogP contribution is -2.55. The van der Waals surface area contributed by atoms with Crippen LogP contribution in [-0.2, 0) is 9.59 Å². The zero-order valence-electron chi connectivity index (χ0n) is 14.4. The molecule has 2 aromatic rings. The Labute approximate surface area is 154 Å². The van der Waals surface area contributed by atoms with Gasteiger partial charge in [0.25, 0.3) is 0 Å². The van der Waals surface area contributed by atoms with Crippen LogP contribution in [0.5, 0.6) is 0 Å². The van der Waals surface area contributed by atoms with Crippen LogP contribution in [0.25, 0.3) is 10.8 Å². The third-order valence-electron chi connectivity index (χ3n) is 4.82. The van der Waals surface area contributed by atoms with E-state index in [-0.39, 0.29) is 19.4 Å². The second-order valence-electron chi connectivity index (χ2n) is 6.64. The molecule has 0 aromatic heterocycles. The van der Waals surface area contributed by atoms with Gasteiger partial charge in [0.15, 0.2) is 0 Å². The second kappa shape index (κ2) is 7.56. The summed E-state index contributed by atoms with van der Waals surface area (Å²) in [6.45, 7) is 0.101. The smallest absolute Gasteiger partial charge is 0.347 e. The number of piperidine rings is 1. The van der Waals surface area contributed by atoms with Crippen molar-refractivity contribution in [1.82, 2.24) is 10.6 Å². The Hall–Kier alpha value is -2.61. The first-order valence-corrected chi connectivity index (χ1v) is 8.66. The number of benzene rings is 2. The van der Waals surface area contributed by atoms with Gasteiger partial charge in [-0.15, -0.1) is 0 Å². The van der Waals surface area contributed by atoms with Gasteiger partial charge in [-0.3, -0.25) is 9.59 Å². The fourth-order valence-corrected chi connectivity index (χ4v) is 3.28. The maximum atomic E-state index is 12.7. The maximum absolute atomic E-state index is 12.7. The lowest BCUT2D eigenvalue weighted by atomic mass is 9.92. The van der Waals surface area contributed by atoms with Gasteiger partial charge in [0.05, 0.1) is 6.04 Å². The van der Waals surface area contributed by atoms with Crippen molar-refractivity contribution < 1.29 is 22.8 Å². The van der Waals surface area contributed by atoms with Gasteiger partial charge in [-0.2, -0.15) is 13.2 Å². The van der Waals surface area contributed by atoms with Crippen molar-refractivity contribution in [3.8, 4) is 0 Å². The Morgan fingerprint density at radius 3 is 2.52 bits per heavy atom. The molecule has 1 aliphatic heterocycles. The minimum absolute atomic E-state index is 0.101. The van der Waals surface area contributed by atoms with Gasteiger partial charge < -0.3 is 16.4 Å². The first-order chi connectivity index (χ1) is 12.8. The summed E-state index contributed by atoms with van der Waals surface area (Å²) in [7, 11) is 0. The van der Waals surface area contributed by atoms with Gasteiger partial charge >= 0.3 is 6.18 Å². The van der Waals surface area contributed by atoms with Crippen LogP contribution in [0.2, 0.25) is 0 Å². The van der Waals surface area contributed by atoms with Gasteiger partial charge in [0, 0.05) is 6.54 Å². The Morgan fingerprint density at radius 1 is 1.19 bits per heavy atom. The average Bonchev–Trinajstić information content (AvgIpc) is 2.64. The molecule has 27 heavy (non-hydrogen) atoms. The van der Waals surface area contributed by atoms with Gasteiger partial charge in [-0.05, 0) is 35.2 Å². The quantitative estimate of drug-likeness (QED) is 0.714. The molecule has 144 valence electrons. The normalized spacial score (nSPS) is 21.6. The van der Waals surface area contributed by atoms with Gasteiger partial charge in [0.1, 0.15) is 12.0 Å². The van der Waals surface area contributed by atoms with Crippen LogP contribution in [-0.4, -0.2) is 30.6 Å². The molecular weight excluding hydrogens is 359 g/mol. The van der Waals surface area contributed by atoms with Crippen molar-refractivity contribution in [3.63, 3.8) is 0 Å². The Bertz CT molecular complexity index is 853. The van der Waals surface area contributed by atoms with Crippen molar-refractivity contribution >= 4 is 22.6 Å². The Balaban J connectivity index is 1.70. The monoisotopic (exact) mass is 379 g/mol. The molecule has 4 N–H and O–H groups in total. The number of hydrogen-bond acceptors (Lipinski definition) is 3. The number of amides is 2. The van der Waals surface area contributed by atoms with Crippen LogP contribution < -0.4 is 16.4 Å². The lowest BCUT2D eigenvalue weighted by molar-refractivity contribution is -0.171. The van der Waals surface area contributed by atoms with E-state index in [1.54, 1.807) is 0 Å². The summed E-state index contributed by atoms with van der Waals surface area (Å²) in [5.74, 6) is -2.68. The first-order valence-electron chi connectivity index (χ1n) is 8.66. The Morgan fingerprint density at radius 2 is 1.89 bits per heavy atom. The molecular formula is C19H20F3N3O2. The molecule has 1 heterocycles. The van der Waals surface area contributed by atoms with E-state index < -0.39 is 36.0 Å². The average molecular weight is 379 g/mol. The number of fused-ring (bicyclic) bond motifs is 1. The minimum atomic E-state index is -4.51. The standard InChI is InChI=1S/C19H20F3N3O2/c20-19(21,22)16-8-7-14(18(27)25-16)17(26)24-15(10-23)13-6-5-11-3-1-2-4-12(11)9-13/h1-6,9,14-16H,7-8,10,23H2,(H,24,26)(H,25,27). The van der Waals surface area contributed by atoms with Crippen LogP contribution in [0, 0.1) is 5.92 Å². The molecule has 0 bridgehead atoms. The molecule has 0 saturated carbocycles. The molecule has 3 unspecified atom stereocenters. The third kappa shape index (κ3) is 4.21. The molecule has 5 nitrogen and oxygen atoms in total. The lowest BCUT2D eigenvalue weighted by Gasteiger charge is -2.30. The number of carbonyl (C=O) groups is 2. The topological polar surface area (TPSA) is 84.2 Å². The number of hydrogen-bond donors (Lipinski definition) is 3. The zero-order valence-corrected chi connectivity index (χ0v) is 14.4. The zero-order chi connectivity index (χ0) is 19.6. The Kier molecular flexibility index (Phi) is 5.36. The summed E-state index contributed by atoms with van der Waals surface area (Å²) in [5, 5.41) is 6.60. The van der Waals surface area contributed by atoms with Crippen molar-refractivity contribution in [1.29, 1.82) is 0 Å². The fourth-order valence-electron chi connectivity index (χ4n) is 3.28. The maximum Gasteiger partial charge on any atom is 0.408 e. The number of nitrogens with one attached hydrogen (secondary N) is 2. The van der Waals surface area contributed by atoms with Crippen molar-refractivity contribution in [2.24, 2.45) is 11.7 Å². The molecule has 1 fully saturated rings. The minimum Gasteiger partial charge on any atom is -0.347 e. The van der Waals surface area contributed by atoms with E-state index in [2.05, 4.69) is 5.32 Å². The second-order valence-corrected chi connectivity index (χ2v) is 6.64. The number of nitrogens with two attached hydrogens (primary N) is 1. The van der Waals surface area contributed by atoms with E-state index in [1.807, 2.05) is 47.8 Å². The van der Waals surface area contributed by atoms with Gasteiger partial charge in [-0.25, -0.2) is 0 Å². The van der Waals surface area contributed by atoms with Crippen LogP contribution >= 0.6 is 0 Å². The van der Waals surface area contributed by atoms with Crippen LogP contribution in [0.1, 0.15) is 24.4 Å². The molecule has 3 rings (SSSR count). The van der Waals surface area contributed by atoms with Crippen molar-refractivity contribution in [2.45, 2.75) is 31.1 Å². The summed E-state index contributed by atoms with van der Waals surface area (Å²) in [5.41, 5.74) is 6.55. The molecule has 1 aliphatic rings. The molecule has 2 amide bonds. The van der Waals surface area contributed by atoms with Gasteiger partial charge in [-0.1, -0.05) is 36.4 Å². The summed E-state index contributed by atoms with van der Waals surface area (Å²) >= 11 is 0. The highest BCUT2D eigenvalue weighted by Crippen LogP contribution is 2.29. The predicted octanol–water partition coefficient (Wildman–Crippen LogP) is 2.41. The summed E-state index contributed by atoms with van der Waals surface area (Å²) < 4.78 is 38.2. The number of halogens is 3. The highest BCUT2D eigenvalue weighted by molar-refractivity contribution is 6.01. The van der Waals surface area contributed by atoms with Crippen LogP contribution in [0.4, 0.5) is 13.2 Å². The van der Waals surface area contributed by atoms with Gasteiger partial charge in [0.2, 0.25) is 11.8 Å². The van der Waals surface area contributed by atoms with E-state index in [0.717, 1.165) is 16.3 Å². The first kappa shape index (κ1) is 19.2. The third-order valence-corrected chi connectivity index (χ3v) is 4.82. The molecule has 0 spiro atoms. The number of alkyl halides is 3. The summed E-state index contributed by atoms with van der Waals surface area (Å²) in [6.07, 6.45) is -4.99. The van der Waals surface area contributed by atoms with E-state index in [0.29, 0.717) is 0 Å². The molecule has 3 atom stereocenters. The fraction of sp³-hybridized carbons (Fsp3) is 0.368. The molecule has 0 radical (unpaired) electrons. The number of rotatable bonds is 4. The molecule has 2 aromatic carbocycles. The summed E-state index contributed by atoms with van der Waals surface area (Å²) in [4.78, 5) is 24.4. The SMILES string of the molecule is NCC(NC(=O)C1CCC(C(F)(F)F)NC1=O)c1ccc2ccccc2c1. The number of carbonyl (C=O) groups excluding carboxylic acids is 2. The van der Waals surface area contributed by atoms with E-state index in [1.165, 1.54) is 0 Å². The van der Waals surface area contributed by atoms with Crippen molar-refractivity contribution in [2.75, 3.05) is 6.54 Å². The highest BCUT2D eigenvalue weighted by atomic mass is 19.4. The van der Waals surface area contributed by atoms with E-state index >= 15 is 0 Å². The van der Waals surface area contributed by atoms with Crippen LogP contribution in [0.15, 0.2) is 42.5 Å². The summed E-state index contributed by atoms with van der Waals surface area (Å²) in [6, 6.07) is 10.9. The molecule has 1 saturated heterocycles. The van der Waals surface area contributed by atoms with Crippen molar-refractivity contribution in [3.05, 3.63) is 48.0 Å².